The molecule has 96 valence electrons. The van der Waals surface area contributed by atoms with Gasteiger partial charge in [-0.25, -0.2) is 4.79 Å². The van der Waals surface area contributed by atoms with Crippen molar-refractivity contribution in [3.8, 4) is 0 Å². The van der Waals surface area contributed by atoms with Gasteiger partial charge < -0.3 is 15.7 Å². The fourth-order valence-corrected chi connectivity index (χ4v) is 3.00. The lowest BCUT2D eigenvalue weighted by Crippen LogP contribution is -2.45. The highest BCUT2D eigenvalue weighted by Crippen LogP contribution is 2.24. The molecule has 1 aliphatic heterocycles. The van der Waals surface area contributed by atoms with Crippen LogP contribution >= 0.6 is 11.8 Å². The van der Waals surface area contributed by atoms with Crippen LogP contribution in [0.15, 0.2) is 30.3 Å². The molecule has 0 bridgehead atoms. The number of nitrogens with zero attached hydrogens (tertiary/aromatic N) is 1. The van der Waals surface area contributed by atoms with E-state index >= 15 is 0 Å². The van der Waals surface area contributed by atoms with Crippen LogP contribution in [0.4, 0.5) is 0 Å². The first-order valence-corrected chi connectivity index (χ1v) is 6.68. The summed E-state index contributed by atoms with van der Waals surface area (Å²) in [5, 5.41) is 9.04. The van der Waals surface area contributed by atoms with Gasteiger partial charge in [-0.3, -0.25) is 4.79 Å². The highest BCUT2D eigenvalue weighted by Gasteiger charge is 2.36. The Kier molecular flexibility index (Phi) is 3.88. The van der Waals surface area contributed by atoms with Gasteiger partial charge in [0.15, 0.2) is 0 Å². The van der Waals surface area contributed by atoms with Crippen LogP contribution in [0.2, 0.25) is 0 Å². The molecular formula is C12H14N2O3S. The van der Waals surface area contributed by atoms with Crippen LogP contribution in [0.3, 0.4) is 0 Å². The van der Waals surface area contributed by atoms with Crippen molar-refractivity contribution in [2.24, 2.45) is 5.73 Å². The Bertz CT molecular complexity index is 452. The zero-order valence-electron chi connectivity index (χ0n) is 9.65. The van der Waals surface area contributed by atoms with Crippen LogP contribution in [0.25, 0.3) is 0 Å². The Balaban J connectivity index is 2.14. The normalized spacial score (nSPS) is 20.7. The molecule has 0 aromatic heterocycles. The Labute approximate surface area is 109 Å². The number of hydrogen-bond donors (Lipinski definition) is 2. The molecule has 0 saturated carbocycles. The van der Waals surface area contributed by atoms with Crippen molar-refractivity contribution in [1.29, 1.82) is 0 Å². The molecule has 0 aliphatic carbocycles. The van der Waals surface area contributed by atoms with E-state index in [1.165, 1.54) is 16.7 Å². The van der Waals surface area contributed by atoms with Gasteiger partial charge in [-0.15, -0.1) is 11.8 Å². The van der Waals surface area contributed by atoms with Gasteiger partial charge in [-0.1, -0.05) is 30.3 Å². The summed E-state index contributed by atoms with van der Waals surface area (Å²) in [7, 11) is 0. The van der Waals surface area contributed by atoms with Crippen LogP contribution in [0, 0.1) is 0 Å². The number of hydrogen-bond acceptors (Lipinski definition) is 4. The molecule has 0 unspecified atom stereocenters. The van der Waals surface area contributed by atoms with Crippen LogP contribution in [0.1, 0.15) is 11.6 Å². The molecule has 0 radical (unpaired) electrons. The van der Waals surface area contributed by atoms with Crippen LogP contribution in [0.5, 0.6) is 0 Å². The highest BCUT2D eigenvalue weighted by atomic mass is 32.2. The van der Waals surface area contributed by atoms with E-state index in [0.29, 0.717) is 17.2 Å². The van der Waals surface area contributed by atoms with E-state index in [1.54, 1.807) is 24.3 Å². The molecule has 1 fully saturated rings. The first-order chi connectivity index (χ1) is 8.61. The van der Waals surface area contributed by atoms with Gasteiger partial charge in [-0.2, -0.15) is 0 Å². The van der Waals surface area contributed by atoms with Gasteiger partial charge in [0.25, 0.3) is 0 Å². The van der Waals surface area contributed by atoms with Crippen molar-refractivity contribution in [1.82, 2.24) is 4.90 Å². The summed E-state index contributed by atoms with van der Waals surface area (Å²) in [6.45, 7) is 0. The summed E-state index contributed by atoms with van der Waals surface area (Å²) in [6, 6.07) is 7.41. The molecule has 2 atom stereocenters. The molecule has 1 amide bonds. The number of nitrogens with two attached hydrogens (primary N) is 1. The average molecular weight is 266 g/mol. The van der Waals surface area contributed by atoms with Crippen molar-refractivity contribution in [3.05, 3.63) is 35.9 Å². The summed E-state index contributed by atoms with van der Waals surface area (Å²) in [4.78, 5) is 24.6. The summed E-state index contributed by atoms with van der Waals surface area (Å²) >= 11 is 1.43. The minimum atomic E-state index is -0.978. The molecule has 0 spiro atoms. The Morgan fingerprint density at radius 2 is 2.06 bits per heavy atom. The number of benzene rings is 1. The SMILES string of the molecule is N[C@H](C(=O)N1CSC[C@H]1C(=O)O)c1ccccc1. The lowest BCUT2D eigenvalue weighted by molar-refractivity contribution is -0.148. The van der Waals surface area contributed by atoms with Crippen molar-refractivity contribution >= 4 is 23.6 Å². The maximum absolute atomic E-state index is 12.2. The van der Waals surface area contributed by atoms with Crippen molar-refractivity contribution < 1.29 is 14.7 Å². The third-order valence-electron chi connectivity index (χ3n) is 2.88. The second-order valence-electron chi connectivity index (χ2n) is 4.05. The number of carboxylic acids is 1. The number of thioether (sulfide) groups is 1. The minimum absolute atomic E-state index is 0.335. The molecule has 1 saturated heterocycles. The third kappa shape index (κ3) is 2.49. The number of rotatable bonds is 3. The lowest BCUT2D eigenvalue weighted by Gasteiger charge is -2.24. The molecule has 1 aromatic carbocycles. The van der Waals surface area contributed by atoms with Crippen LogP contribution < -0.4 is 5.73 Å². The topological polar surface area (TPSA) is 83.6 Å². The number of carboxylic acid groups (broad SMARTS) is 1. The lowest BCUT2D eigenvalue weighted by atomic mass is 10.1. The highest BCUT2D eigenvalue weighted by molar-refractivity contribution is 7.99. The van der Waals surface area contributed by atoms with E-state index in [9.17, 15) is 9.59 Å². The first kappa shape index (κ1) is 12.9. The maximum Gasteiger partial charge on any atom is 0.327 e. The van der Waals surface area contributed by atoms with Gasteiger partial charge in [0.1, 0.15) is 12.1 Å². The molecular weight excluding hydrogens is 252 g/mol. The molecule has 3 N–H and O–H groups in total. The summed E-state index contributed by atoms with van der Waals surface area (Å²) in [5.74, 6) is -0.508. The van der Waals surface area contributed by atoms with Crippen LogP contribution in [-0.4, -0.2) is 39.6 Å². The molecule has 5 nitrogen and oxygen atoms in total. The Morgan fingerprint density at radius 3 is 2.67 bits per heavy atom. The second kappa shape index (κ2) is 5.41. The molecule has 18 heavy (non-hydrogen) atoms. The van der Waals surface area contributed by atoms with Gasteiger partial charge in [0.05, 0.1) is 5.88 Å². The van der Waals surface area contributed by atoms with E-state index in [-0.39, 0.29) is 5.91 Å². The van der Waals surface area contributed by atoms with Crippen LogP contribution in [-0.2, 0) is 9.59 Å². The summed E-state index contributed by atoms with van der Waals surface area (Å²) in [6.07, 6.45) is 0. The number of carbonyl (C=O) groups excluding carboxylic acids is 1. The van der Waals surface area contributed by atoms with E-state index < -0.39 is 18.1 Å². The predicted octanol–water partition coefficient (Wildman–Crippen LogP) is 0.672. The van der Waals surface area contributed by atoms with E-state index in [0.717, 1.165) is 0 Å². The van der Waals surface area contributed by atoms with E-state index in [2.05, 4.69) is 0 Å². The zero-order chi connectivity index (χ0) is 13.1. The van der Waals surface area contributed by atoms with Crippen molar-refractivity contribution in [3.63, 3.8) is 0 Å². The second-order valence-corrected chi connectivity index (χ2v) is 5.05. The van der Waals surface area contributed by atoms with E-state index in [1.807, 2.05) is 6.07 Å². The Morgan fingerprint density at radius 1 is 1.39 bits per heavy atom. The van der Waals surface area contributed by atoms with Gasteiger partial charge in [0, 0.05) is 5.75 Å². The smallest absolute Gasteiger partial charge is 0.327 e. The summed E-state index contributed by atoms with van der Waals surface area (Å²) < 4.78 is 0. The average Bonchev–Trinajstić information content (AvgIpc) is 2.87. The van der Waals surface area contributed by atoms with Gasteiger partial charge in [-0.05, 0) is 5.56 Å². The van der Waals surface area contributed by atoms with E-state index in [4.69, 9.17) is 10.8 Å². The predicted molar refractivity (Wildman–Crippen MR) is 69.0 cm³/mol. The quantitative estimate of drug-likeness (QED) is 0.840. The molecule has 1 aromatic rings. The fourth-order valence-electron chi connectivity index (χ4n) is 1.85. The van der Waals surface area contributed by atoms with Gasteiger partial charge in [0.2, 0.25) is 5.91 Å². The number of aliphatic carboxylic acids is 1. The molecule has 1 heterocycles. The Hall–Kier alpha value is -1.53. The standard InChI is InChI=1S/C12H14N2O3S/c13-10(8-4-2-1-3-5-8)11(15)14-7-18-6-9(14)12(16)17/h1-5,9-10H,6-7,13H2,(H,16,17)/t9-,10-/m0/s1. The molecule has 1 aliphatic rings. The number of carbonyl (C=O) groups is 2. The van der Waals surface area contributed by atoms with Crippen molar-refractivity contribution in [2.45, 2.75) is 12.1 Å². The maximum atomic E-state index is 12.2. The fraction of sp³-hybridized carbons (Fsp3) is 0.333. The minimum Gasteiger partial charge on any atom is -0.480 e. The molecule has 6 heteroatoms. The largest absolute Gasteiger partial charge is 0.480 e. The summed E-state index contributed by atoms with van der Waals surface area (Å²) in [5.41, 5.74) is 6.59. The van der Waals surface area contributed by atoms with Gasteiger partial charge >= 0.3 is 5.97 Å². The van der Waals surface area contributed by atoms with Crippen molar-refractivity contribution in [2.75, 3.05) is 11.6 Å². The third-order valence-corrected chi connectivity index (χ3v) is 3.89. The number of amides is 1. The molecule has 2 rings (SSSR count). The zero-order valence-corrected chi connectivity index (χ0v) is 10.5. The first-order valence-electron chi connectivity index (χ1n) is 5.53. The monoisotopic (exact) mass is 266 g/mol.